The van der Waals surface area contributed by atoms with Gasteiger partial charge < -0.3 is 5.21 Å². The number of anilines is 1. The summed E-state index contributed by atoms with van der Waals surface area (Å²) in [4.78, 5) is 0. The Morgan fingerprint density at radius 3 is 2.25 bits per heavy atom. The molecule has 0 unspecified atom stereocenters. The van der Waals surface area contributed by atoms with E-state index in [1.54, 1.807) is 36.4 Å². The molecule has 2 N–H and O–H groups in total. The minimum Gasteiger partial charge on any atom is -0.410 e. The number of benzene rings is 2. The molecule has 0 fully saturated rings. The van der Waals surface area contributed by atoms with Gasteiger partial charge in [0.15, 0.2) is 0 Å². The van der Waals surface area contributed by atoms with Gasteiger partial charge in [0.05, 0.1) is 11.9 Å². The summed E-state index contributed by atoms with van der Waals surface area (Å²) in [6.07, 6.45) is 1.07. The van der Waals surface area contributed by atoms with Crippen LogP contribution in [0, 0.1) is 0 Å². The van der Waals surface area contributed by atoms with Gasteiger partial charge in [0, 0.05) is 11.1 Å². The number of rotatable bonds is 4. The molecule has 0 aliphatic heterocycles. The van der Waals surface area contributed by atoms with E-state index >= 15 is 0 Å². The molecule has 104 valence electrons. The molecule has 0 aliphatic rings. The molecule has 0 bridgehead atoms. The van der Waals surface area contributed by atoms with E-state index in [1.807, 2.05) is 18.2 Å². The molecule has 20 heavy (non-hydrogen) atoms. The van der Waals surface area contributed by atoms with Gasteiger partial charge in [-0.25, -0.2) is 8.42 Å². The van der Waals surface area contributed by atoms with E-state index in [9.17, 15) is 13.6 Å². The molecule has 0 atom stereocenters. The van der Waals surface area contributed by atoms with Gasteiger partial charge in [-0.05, 0) is 6.07 Å². The van der Waals surface area contributed by atoms with E-state index in [2.05, 4.69) is 9.88 Å². The van der Waals surface area contributed by atoms with Gasteiger partial charge in [-0.2, -0.15) is 0 Å². The first kappa shape index (κ1) is 14.1. The zero-order valence-corrected chi connectivity index (χ0v) is 11.6. The summed E-state index contributed by atoms with van der Waals surface area (Å²) in [7, 11) is -3.41. The molecule has 0 radical (unpaired) electrons. The van der Waals surface area contributed by atoms with Gasteiger partial charge >= 0.3 is 0 Å². The van der Waals surface area contributed by atoms with Crippen molar-refractivity contribution in [3.63, 3.8) is 0 Å². The molecule has 0 saturated carbocycles. The van der Waals surface area contributed by atoms with Crippen molar-refractivity contribution in [2.45, 2.75) is 0 Å². The first-order valence-electron chi connectivity index (χ1n) is 5.86. The minimum atomic E-state index is -3.41. The van der Waals surface area contributed by atoms with Gasteiger partial charge in [0.25, 0.3) is 0 Å². The van der Waals surface area contributed by atoms with Crippen LogP contribution in [0.4, 0.5) is 5.69 Å². The molecule has 0 aliphatic carbocycles. The Labute approximate surface area is 117 Å². The summed E-state index contributed by atoms with van der Waals surface area (Å²) in [6.45, 7) is 0. The van der Waals surface area contributed by atoms with Gasteiger partial charge in [0.2, 0.25) is 10.0 Å². The minimum absolute atomic E-state index is 0.303. The standard InChI is InChI=1S/C14H14N2O3S/c1-20(18,19)16-13-10-6-5-9-12(13)14(15-17)11-7-3-2-4-8-11/h2-10,16-17H,1H3/b15-14-. The number of sulfonamides is 1. The Morgan fingerprint density at radius 1 is 1.05 bits per heavy atom. The van der Waals surface area contributed by atoms with E-state index in [0.29, 0.717) is 22.5 Å². The largest absolute Gasteiger partial charge is 0.410 e. The summed E-state index contributed by atoms with van der Waals surface area (Å²) in [5.41, 5.74) is 1.87. The van der Waals surface area contributed by atoms with Gasteiger partial charge in [-0.3, -0.25) is 4.72 Å². The lowest BCUT2D eigenvalue weighted by atomic mass is 10.0. The SMILES string of the molecule is CS(=O)(=O)Nc1ccccc1/C(=N\O)c1ccccc1. The number of nitrogens with zero attached hydrogens (tertiary/aromatic N) is 1. The summed E-state index contributed by atoms with van der Waals surface area (Å²) in [6, 6.07) is 15.8. The molecular formula is C14H14N2O3S. The van der Waals surface area contributed by atoms with Crippen molar-refractivity contribution in [2.75, 3.05) is 11.0 Å². The highest BCUT2D eigenvalue weighted by molar-refractivity contribution is 7.92. The van der Waals surface area contributed by atoms with Crippen molar-refractivity contribution >= 4 is 21.4 Å². The highest BCUT2D eigenvalue weighted by atomic mass is 32.2. The smallest absolute Gasteiger partial charge is 0.229 e. The summed E-state index contributed by atoms with van der Waals surface area (Å²) < 4.78 is 25.2. The number of hydrogen-bond donors (Lipinski definition) is 2. The molecule has 6 heteroatoms. The monoisotopic (exact) mass is 290 g/mol. The lowest BCUT2D eigenvalue weighted by molar-refractivity contribution is 0.319. The highest BCUT2D eigenvalue weighted by Crippen LogP contribution is 2.20. The zero-order chi connectivity index (χ0) is 14.6. The quantitative estimate of drug-likeness (QED) is 0.515. The number of hydrogen-bond acceptors (Lipinski definition) is 4. The van der Waals surface area contributed by atoms with Crippen LogP contribution >= 0.6 is 0 Å². The average molecular weight is 290 g/mol. The normalized spacial score (nSPS) is 12.2. The van der Waals surface area contributed by atoms with E-state index in [4.69, 9.17) is 0 Å². The van der Waals surface area contributed by atoms with Crippen LogP contribution < -0.4 is 4.72 Å². The molecule has 0 spiro atoms. The van der Waals surface area contributed by atoms with Crippen LogP contribution in [0.15, 0.2) is 59.8 Å². The van der Waals surface area contributed by atoms with Crippen molar-refractivity contribution in [3.05, 3.63) is 65.7 Å². The summed E-state index contributed by atoms with van der Waals surface area (Å²) >= 11 is 0. The maximum atomic E-state index is 11.4. The Balaban J connectivity index is 2.52. The van der Waals surface area contributed by atoms with Gasteiger partial charge in [0.1, 0.15) is 5.71 Å². The Bertz CT molecular complexity index is 725. The van der Waals surface area contributed by atoms with E-state index < -0.39 is 10.0 Å². The average Bonchev–Trinajstić information content (AvgIpc) is 2.41. The highest BCUT2D eigenvalue weighted by Gasteiger charge is 2.14. The molecule has 0 aromatic heterocycles. The second-order valence-corrected chi connectivity index (χ2v) is 5.98. The molecular weight excluding hydrogens is 276 g/mol. The molecule has 2 aromatic rings. The van der Waals surface area contributed by atoms with Crippen molar-refractivity contribution in [2.24, 2.45) is 5.16 Å². The van der Waals surface area contributed by atoms with Crippen LogP contribution in [0.25, 0.3) is 0 Å². The lowest BCUT2D eigenvalue weighted by Crippen LogP contribution is -2.14. The molecule has 0 amide bonds. The van der Waals surface area contributed by atoms with Crippen LogP contribution in [0.3, 0.4) is 0 Å². The van der Waals surface area contributed by atoms with Crippen LogP contribution in [0.1, 0.15) is 11.1 Å². The molecule has 2 aromatic carbocycles. The first-order valence-corrected chi connectivity index (χ1v) is 7.75. The van der Waals surface area contributed by atoms with Gasteiger partial charge in [-0.1, -0.05) is 53.7 Å². The van der Waals surface area contributed by atoms with Crippen molar-refractivity contribution in [1.29, 1.82) is 0 Å². The Morgan fingerprint density at radius 2 is 1.65 bits per heavy atom. The van der Waals surface area contributed by atoms with Crippen LogP contribution in [-0.4, -0.2) is 25.6 Å². The molecule has 0 heterocycles. The zero-order valence-electron chi connectivity index (χ0n) is 10.8. The summed E-state index contributed by atoms with van der Waals surface area (Å²) in [5, 5.41) is 12.6. The van der Waals surface area contributed by atoms with Crippen LogP contribution in [0.5, 0.6) is 0 Å². The van der Waals surface area contributed by atoms with Crippen LogP contribution in [-0.2, 0) is 10.0 Å². The first-order chi connectivity index (χ1) is 9.51. The van der Waals surface area contributed by atoms with Crippen LogP contribution in [0.2, 0.25) is 0 Å². The fraction of sp³-hybridized carbons (Fsp3) is 0.0714. The third-order valence-corrected chi connectivity index (χ3v) is 3.22. The van der Waals surface area contributed by atoms with Crippen molar-refractivity contribution in [3.8, 4) is 0 Å². The second kappa shape index (κ2) is 5.75. The van der Waals surface area contributed by atoms with E-state index in [1.165, 1.54) is 0 Å². The predicted molar refractivity (Wildman–Crippen MR) is 78.8 cm³/mol. The second-order valence-electron chi connectivity index (χ2n) is 4.23. The number of nitrogens with one attached hydrogen (secondary N) is 1. The topological polar surface area (TPSA) is 78.8 Å². The predicted octanol–water partition coefficient (Wildman–Crippen LogP) is 2.28. The number of oxime groups is 1. The maximum Gasteiger partial charge on any atom is 0.229 e. The Hall–Kier alpha value is -2.34. The number of para-hydroxylation sites is 1. The molecule has 0 saturated heterocycles. The fourth-order valence-corrected chi connectivity index (χ4v) is 2.42. The summed E-state index contributed by atoms with van der Waals surface area (Å²) in [5.74, 6) is 0. The maximum absolute atomic E-state index is 11.4. The van der Waals surface area contributed by atoms with Crippen molar-refractivity contribution < 1.29 is 13.6 Å². The van der Waals surface area contributed by atoms with Crippen molar-refractivity contribution in [1.82, 2.24) is 0 Å². The third kappa shape index (κ3) is 3.36. The van der Waals surface area contributed by atoms with E-state index in [-0.39, 0.29) is 0 Å². The van der Waals surface area contributed by atoms with Gasteiger partial charge in [-0.15, -0.1) is 0 Å². The molecule has 5 nitrogen and oxygen atoms in total. The third-order valence-electron chi connectivity index (χ3n) is 2.62. The lowest BCUT2D eigenvalue weighted by Gasteiger charge is -2.11. The van der Waals surface area contributed by atoms with E-state index in [0.717, 1.165) is 6.26 Å². The molecule has 2 rings (SSSR count). The Kier molecular flexibility index (Phi) is 4.05. The fourth-order valence-electron chi connectivity index (χ4n) is 1.84.